The van der Waals surface area contributed by atoms with Gasteiger partial charge in [-0.1, -0.05) is 41.9 Å². The maximum atomic E-state index is 12.8. The van der Waals surface area contributed by atoms with Crippen molar-refractivity contribution in [2.75, 3.05) is 6.61 Å². The smallest absolute Gasteiger partial charge is 0.279 e. The minimum atomic E-state index is -1.03. The van der Waals surface area contributed by atoms with Crippen molar-refractivity contribution in [1.29, 1.82) is 0 Å². The SMILES string of the molecule is O=C1N(Cc2ccccc2)[C@@H]2C[C@H]3CCO[C@]13N=C2Cl. The van der Waals surface area contributed by atoms with Crippen molar-refractivity contribution in [2.24, 2.45) is 10.9 Å². The van der Waals surface area contributed by atoms with Gasteiger partial charge in [-0.05, 0) is 18.4 Å². The predicted molar refractivity (Wildman–Crippen MR) is 75.5 cm³/mol. The Morgan fingerprint density at radius 1 is 1.40 bits per heavy atom. The molecular formula is C15H15ClN2O2. The van der Waals surface area contributed by atoms with Gasteiger partial charge in [0.15, 0.2) is 0 Å². The first-order chi connectivity index (χ1) is 9.71. The zero-order valence-electron chi connectivity index (χ0n) is 11.0. The van der Waals surface area contributed by atoms with Crippen LogP contribution in [0, 0.1) is 5.92 Å². The molecule has 1 aromatic rings. The molecule has 5 rings (SSSR count). The number of hydrogen-bond donors (Lipinski definition) is 0. The first-order valence-electron chi connectivity index (χ1n) is 6.95. The number of amides is 1. The lowest BCUT2D eigenvalue weighted by Crippen LogP contribution is -2.65. The number of ether oxygens (including phenoxy) is 1. The van der Waals surface area contributed by atoms with Gasteiger partial charge < -0.3 is 9.64 Å². The number of piperidine rings is 1. The van der Waals surface area contributed by atoms with Gasteiger partial charge >= 0.3 is 0 Å². The molecule has 2 fully saturated rings. The molecule has 4 aliphatic rings. The van der Waals surface area contributed by atoms with E-state index in [4.69, 9.17) is 16.3 Å². The second-order valence-electron chi connectivity index (χ2n) is 5.64. The van der Waals surface area contributed by atoms with E-state index in [0.717, 1.165) is 18.4 Å². The minimum absolute atomic E-state index is 0.0236. The summed E-state index contributed by atoms with van der Waals surface area (Å²) in [4.78, 5) is 19.0. The molecule has 1 spiro atoms. The van der Waals surface area contributed by atoms with Crippen molar-refractivity contribution in [3.63, 3.8) is 0 Å². The van der Waals surface area contributed by atoms with Crippen LogP contribution in [-0.2, 0) is 16.1 Å². The van der Waals surface area contributed by atoms with E-state index in [-0.39, 0.29) is 17.9 Å². The molecule has 3 atom stereocenters. The van der Waals surface area contributed by atoms with Crippen molar-refractivity contribution in [3.8, 4) is 0 Å². The molecule has 0 N–H and O–H groups in total. The molecule has 20 heavy (non-hydrogen) atoms. The normalized spacial score (nSPS) is 35.1. The highest BCUT2D eigenvalue weighted by Gasteiger charge is 2.61. The van der Waals surface area contributed by atoms with Crippen LogP contribution in [0.15, 0.2) is 35.3 Å². The Balaban J connectivity index is 1.70. The van der Waals surface area contributed by atoms with Crippen LogP contribution in [0.2, 0.25) is 0 Å². The lowest BCUT2D eigenvalue weighted by atomic mass is 9.80. The zero-order chi connectivity index (χ0) is 13.7. The fraction of sp³-hybridized carbons (Fsp3) is 0.467. The number of halogens is 1. The third kappa shape index (κ3) is 1.58. The van der Waals surface area contributed by atoms with Gasteiger partial charge in [-0.25, -0.2) is 4.99 Å². The van der Waals surface area contributed by atoms with Gasteiger partial charge in [0.1, 0.15) is 5.17 Å². The van der Waals surface area contributed by atoms with E-state index in [1.54, 1.807) is 0 Å². The highest BCUT2D eigenvalue weighted by atomic mass is 35.5. The number of nitrogens with zero attached hydrogens (tertiary/aromatic N) is 2. The van der Waals surface area contributed by atoms with E-state index < -0.39 is 5.72 Å². The van der Waals surface area contributed by atoms with Crippen LogP contribution < -0.4 is 0 Å². The summed E-state index contributed by atoms with van der Waals surface area (Å²) in [7, 11) is 0. The van der Waals surface area contributed by atoms with Gasteiger partial charge in [-0.2, -0.15) is 0 Å². The van der Waals surface area contributed by atoms with Crippen molar-refractivity contribution in [3.05, 3.63) is 35.9 Å². The summed E-state index contributed by atoms with van der Waals surface area (Å²) in [6, 6.07) is 9.88. The van der Waals surface area contributed by atoms with Crippen LogP contribution in [0.5, 0.6) is 0 Å². The molecule has 2 saturated heterocycles. The maximum Gasteiger partial charge on any atom is 0.279 e. The van der Waals surface area contributed by atoms with Crippen molar-refractivity contribution in [1.82, 2.24) is 4.90 Å². The highest BCUT2D eigenvalue weighted by molar-refractivity contribution is 6.67. The maximum absolute atomic E-state index is 12.8. The van der Waals surface area contributed by atoms with E-state index in [1.165, 1.54) is 0 Å². The molecule has 104 valence electrons. The molecule has 0 radical (unpaired) electrons. The third-order valence-electron chi connectivity index (χ3n) is 4.54. The van der Waals surface area contributed by atoms with Gasteiger partial charge in [0.2, 0.25) is 5.72 Å². The minimum Gasteiger partial charge on any atom is -0.346 e. The molecule has 1 amide bonds. The molecule has 4 aliphatic heterocycles. The summed E-state index contributed by atoms with van der Waals surface area (Å²) in [5.74, 6) is 0.166. The quantitative estimate of drug-likeness (QED) is 0.838. The number of aliphatic imine (C=N–C) groups is 1. The lowest BCUT2D eigenvalue weighted by Gasteiger charge is -2.48. The van der Waals surface area contributed by atoms with Crippen molar-refractivity contribution < 1.29 is 9.53 Å². The third-order valence-corrected chi connectivity index (χ3v) is 4.87. The van der Waals surface area contributed by atoms with Crippen LogP contribution in [-0.4, -0.2) is 34.4 Å². The zero-order valence-corrected chi connectivity index (χ0v) is 11.7. The Hall–Kier alpha value is -1.39. The number of carbonyl (C=O) groups excluding carboxylic acids is 1. The van der Waals surface area contributed by atoms with Crippen molar-refractivity contribution in [2.45, 2.75) is 31.2 Å². The number of carbonyl (C=O) groups is 1. The Bertz CT molecular complexity index is 589. The molecule has 0 saturated carbocycles. The highest BCUT2D eigenvalue weighted by Crippen LogP contribution is 2.47. The standard InChI is InChI=1S/C15H15ClN2O2/c16-13-12-8-11-6-7-20-15(11,17-13)14(19)18(12)9-10-4-2-1-3-5-10/h1-5,11-12H,6-9H2/t11-,12-,15+/m1/s1. The van der Waals surface area contributed by atoms with E-state index >= 15 is 0 Å². The molecule has 4 nitrogen and oxygen atoms in total. The Morgan fingerprint density at radius 3 is 3.00 bits per heavy atom. The number of rotatable bonds is 2. The van der Waals surface area contributed by atoms with Gasteiger partial charge in [0.05, 0.1) is 12.6 Å². The molecule has 0 aromatic heterocycles. The molecule has 5 heteroatoms. The topological polar surface area (TPSA) is 41.9 Å². The first kappa shape index (κ1) is 12.4. The number of fused-ring (bicyclic) bond motifs is 1. The molecule has 4 heterocycles. The largest absolute Gasteiger partial charge is 0.346 e. The van der Waals surface area contributed by atoms with Gasteiger partial charge in [-0.3, -0.25) is 4.79 Å². The molecule has 0 aliphatic carbocycles. The Morgan fingerprint density at radius 2 is 2.20 bits per heavy atom. The van der Waals surface area contributed by atoms with Gasteiger partial charge in [0, 0.05) is 12.5 Å². The fourth-order valence-corrected chi connectivity index (χ4v) is 3.85. The monoisotopic (exact) mass is 290 g/mol. The summed E-state index contributed by atoms with van der Waals surface area (Å²) in [5.41, 5.74) is 0.0736. The first-order valence-corrected chi connectivity index (χ1v) is 7.33. The summed E-state index contributed by atoms with van der Waals surface area (Å²) in [5, 5.41) is 0.513. The molecule has 1 aromatic carbocycles. The summed E-state index contributed by atoms with van der Waals surface area (Å²) >= 11 is 6.28. The summed E-state index contributed by atoms with van der Waals surface area (Å²) in [6.07, 6.45) is 1.76. The van der Waals surface area contributed by atoms with Gasteiger partial charge in [0.25, 0.3) is 5.91 Å². The summed E-state index contributed by atoms with van der Waals surface area (Å²) < 4.78 is 5.72. The Labute approximate surface area is 122 Å². The van der Waals surface area contributed by atoms with E-state index in [9.17, 15) is 4.79 Å². The predicted octanol–water partition coefficient (Wildman–Crippen LogP) is 2.17. The summed E-state index contributed by atoms with van der Waals surface area (Å²) in [6.45, 7) is 1.16. The average molecular weight is 291 g/mol. The van der Waals surface area contributed by atoms with Crippen LogP contribution in [0.1, 0.15) is 18.4 Å². The van der Waals surface area contributed by atoms with Crippen molar-refractivity contribution >= 4 is 22.7 Å². The van der Waals surface area contributed by atoms with Gasteiger partial charge in [-0.15, -0.1) is 0 Å². The average Bonchev–Trinajstić information content (AvgIpc) is 2.87. The number of benzene rings is 1. The lowest BCUT2D eigenvalue weighted by molar-refractivity contribution is -0.167. The Kier molecular flexibility index (Phi) is 2.66. The van der Waals surface area contributed by atoms with Crippen LogP contribution >= 0.6 is 11.6 Å². The van der Waals surface area contributed by atoms with Crippen LogP contribution in [0.25, 0.3) is 0 Å². The second kappa shape index (κ2) is 4.30. The number of hydrogen-bond acceptors (Lipinski definition) is 3. The molecular weight excluding hydrogens is 276 g/mol. The second-order valence-corrected chi connectivity index (χ2v) is 6.02. The van der Waals surface area contributed by atoms with Crippen LogP contribution in [0.4, 0.5) is 0 Å². The van der Waals surface area contributed by atoms with E-state index in [1.807, 2.05) is 35.2 Å². The molecule has 0 unspecified atom stereocenters. The fourth-order valence-electron chi connectivity index (χ4n) is 3.52. The molecule has 2 bridgehead atoms. The van der Waals surface area contributed by atoms with Crippen LogP contribution in [0.3, 0.4) is 0 Å². The van der Waals surface area contributed by atoms with E-state index in [2.05, 4.69) is 4.99 Å². The van der Waals surface area contributed by atoms with E-state index in [0.29, 0.717) is 18.3 Å².